The first-order valence-corrected chi connectivity index (χ1v) is 3.76. The van der Waals surface area contributed by atoms with Crippen LogP contribution in [-0.2, 0) is 4.79 Å². The van der Waals surface area contributed by atoms with Gasteiger partial charge >= 0.3 is 6.41 Å². The molecule has 0 atom stereocenters. The molecule has 2 N–H and O–H groups in total. The Labute approximate surface area is 62.2 Å². The van der Waals surface area contributed by atoms with Gasteiger partial charge in [0.15, 0.2) is 0 Å². The smallest absolute Gasteiger partial charge is 0.283 e. The van der Waals surface area contributed by atoms with Crippen LogP contribution in [-0.4, -0.2) is 13.0 Å². The Kier molecular flexibility index (Phi) is 7.95. The van der Waals surface area contributed by atoms with E-state index in [0.717, 1.165) is 13.0 Å². The van der Waals surface area contributed by atoms with E-state index in [9.17, 15) is 4.79 Å². The monoisotopic (exact) mass is 143 g/mol. The van der Waals surface area contributed by atoms with E-state index in [-0.39, 0.29) is 0 Å². The highest BCUT2D eigenvalue weighted by Crippen LogP contribution is 1.96. The highest BCUT2D eigenvalue weighted by Gasteiger charge is 1.85. The van der Waals surface area contributed by atoms with Gasteiger partial charge in [-0.25, -0.2) is 5.43 Å². The highest BCUT2D eigenvalue weighted by molar-refractivity contribution is 5.45. The Hall–Kier alpha value is -0.570. The molecule has 3 nitrogen and oxygen atoms in total. The van der Waals surface area contributed by atoms with Gasteiger partial charge in [-0.05, 0) is 6.42 Å². The molecule has 0 saturated carbocycles. The molecular formula is C7H15N2O. The van der Waals surface area contributed by atoms with Gasteiger partial charge < -0.3 is 0 Å². The van der Waals surface area contributed by atoms with Crippen molar-refractivity contribution < 1.29 is 4.79 Å². The van der Waals surface area contributed by atoms with Gasteiger partial charge in [-0.3, -0.25) is 10.2 Å². The fourth-order valence-electron chi connectivity index (χ4n) is 0.739. The molecule has 0 unspecified atom stereocenters. The van der Waals surface area contributed by atoms with Crippen LogP contribution < -0.4 is 10.9 Å². The van der Waals surface area contributed by atoms with Crippen LogP contribution in [0.15, 0.2) is 0 Å². The van der Waals surface area contributed by atoms with Crippen LogP contribution in [0.2, 0.25) is 0 Å². The van der Waals surface area contributed by atoms with Crippen LogP contribution >= 0.6 is 0 Å². The van der Waals surface area contributed by atoms with Gasteiger partial charge in [0.2, 0.25) is 0 Å². The van der Waals surface area contributed by atoms with Gasteiger partial charge in [-0.15, -0.1) is 0 Å². The maximum absolute atomic E-state index is 9.60. The first kappa shape index (κ1) is 9.43. The minimum atomic E-state index is 0.842. The van der Waals surface area contributed by atoms with Crippen molar-refractivity contribution in [3.8, 4) is 0 Å². The minimum Gasteiger partial charge on any atom is -0.283 e. The van der Waals surface area contributed by atoms with Gasteiger partial charge in [0, 0.05) is 6.54 Å². The van der Waals surface area contributed by atoms with E-state index >= 15 is 0 Å². The molecule has 0 heterocycles. The molecule has 0 spiro atoms. The Morgan fingerprint density at radius 2 is 2.10 bits per heavy atom. The van der Waals surface area contributed by atoms with Crippen molar-refractivity contribution in [2.24, 2.45) is 0 Å². The Balaban J connectivity index is 2.70. The standard InChI is InChI=1S/C7H15N2O/c1-2-3-4-5-6-8-9-7-10/h8H,2-6H2,1H3,(H,9,10). The van der Waals surface area contributed by atoms with Crippen LogP contribution in [0.1, 0.15) is 32.6 Å². The van der Waals surface area contributed by atoms with Crippen molar-refractivity contribution in [3.63, 3.8) is 0 Å². The maximum atomic E-state index is 9.60. The Morgan fingerprint density at radius 1 is 1.30 bits per heavy atom. The summed E-state index contributed by atoms with van der Waals surface area (Å²) in [7, 11) is 0. The lowest BCUT2D eigenvalue weighted by Gasteiger charge is -1.99. The van der Waals surface area contributed by atoms with Gasteiger partial charge in [-0.1, -0.05) is 26.2 Å². The normalized spacial score (nSPS) is 9.30. The van der Waals surface area contributed by atoms with Crippen LogP contribution in [0.5, 0.6) is 0 Å². The van der Waals surface area contributed by atoms with E-state index in [4.69, 9.17) is 0 Å². The zero-order valence-corrected chi connectivity index (χ0v) is 6.44. The van der Waals surface area contributed by atoms with E-state index in [1.54, 1.807) is 6.41 Å². The van der Waals surface area contributed by atoms with E-state index < -0.39 is 0 Å². The number of hydrazine groups is 1. The molecule has 3 heteroatoms. The van der Waals surface area contributed by atoms with E-state index in [1.807, 2.05) is 0 Å². The number of unbranched alkanes of at least 4 members (excludes halogenated alkanes) is 3. The second-order valence-corrected chi connectivity index (χ2v) is 2.21. The molecule has 0 aromatic carbocycles. The summed E-state index contributed by atoms with van der Waals surface area (Å²) < 4.78 is 0. The predicted octanol–water partition coefficient (Wildman–Crippen LogP) is 0.728. The summed E-state index contributed by atoms with van der Waals surface area (Å²) in [5.41, 5.74) is 4.99. The molecule has 1 amide bonds. The Bertz CT molecular complexity index is 76.0. The number of rotatable bonds is 7. The zero-order chi connectivity index (χ0) is 7.66. The SMILES string of the molecule is CCCCCCNN[C]=O. The van der Waals surface area contributed by atoms with Crippen molar-refractivity contribution >= 4 is 6.41 Å². The lowest BCUT2D eigenvalue weighted by Crippen LogP contribution is -2.30. The fourth-order valence-corrected chi connectivity index (χ4v) is 0.739. The molecule has 10 heavy (non-hydrogen) atoms. The van der Waals surface area contributed by atoms with Crippen molar-refractivity contribution in [2.45, 2.75) is 32.6 Å². The summed E-state index contributed by atoms with van der Waals surface area (Å²) in [5, 5.41) is 0. The zero-order valence-electron chi connectivity index (χ0n) is 6.44. The molecule has 0 fully saturated rings. The van der Waals surface area contributed by atoms with Crippen molar-refractivity contribution in [1.82, 2.24) is 10.9 Å². The van der Waals surface area contributed by atoms with Gasteiger partial charge in [0.1, 0.15) is 0 Å². The third-order valence-electron chi connectivity index (χ3n) is 1.29. The predicted molar refractivity (Wildman–Crippen MR) is 41.0 cm³/mol. The molecule has 0 aromatic heterocycles. The van der Waals surface area contributed by atoms with Gasteiger partial charge in [0.25, 0.3) is 0 Å². The Morgan fingerprint density at radius 3 is 2.70 bits per heavy atom. The number of amides is 1. The van der Waals surface area contributed by atoms with Crippen LogP contribution in [0.4, 0.5) is 0 Å². The largest absolute Gasteiger partial charge is 0.324 e. The number of hydrogen-bond acceptors (Lipinski definition) is 2. The lowest BCUT2D eigenvalue weighted by molar-refractivity contribution is 0.511. The minimum absolute atomic E-state index is 0.842. The van der Waals surface area contributed by atoms with Gasteiger partial charge in [0.05, 0.1) is 0 Å². The molecule has 0 aliphatic heterocycles. The third-order valence-corrected chi connectivity index (χ3v) is 1.29. The molecule has 59 valence electrons. The molecular weight excluding hydrogens is 128 g/mol. The van der Waals surface area contributed by atoms with E-state index in [2.05, 4.69) is 17.8 Å². The van der Waals surface area contributed by atoms with E-state index in [0.29, 0.717) is 0 Å². The highest BCUT2D eigenvalue weighted by atomic mass is 16.1. The first-order valence-electron chi connectivity index (χ1n) is 3.76. The first-order chi connectivity index (χ1) is 4.91. The third kappa shape index (κ3) is 7.43. The molecule has 0 rings (SSSR count). The molecule has 0 saturated heterocycles. The quantitative estimate of drug-likeness (QED) is 0.313. The summed E-state index contributed by atoms with van der Waals surface area (Å²) in [6, 6.07) is 0. The molecule has 0 aromatic rings. The average molecular weight is 143 g/mol. The lowest BCUT2D eigenvalue weighted by atomic mass is 10.2. The molecule has 0 bridgehead atoms. The molecule has 0 aliphatic carbocycles. The second kappa shape index (κ2) is 8.43. The summed E-state index contributed by atoms with van der Waals surface area (Å²) in [5.74, 6) is 0. The summed E-state index contributed by atoms with van der Waals surface area (Å²) >= 11 is 0. The second-order valence-electron chi connectivity index (χ2n) is 2.21. The number of nitrogens with one attached hydrogen (secondary N) is 2. The van der Waals surface area contributed by atoms with Crippen molar-refractivity contribution in [3.05, 3.63) is 0 Å². The van der Waals surface area contributed by atoms with Crippen molar-refractivity contribution in [2.75, 3.05) is 6.54 Å². The molecule has 0 aliphatic rings. The number of carbonyl (C=O) groups excluding carboxylic acids is 1. The van der Waals surface area contributed by atoms with E-state index in [1.165, 1.54) is 19.3 Å². The average Bonchev–Trinajstić information content (AvgIpc) is 1.97. The van der Waals surface area contributed by atoms with Crippen LogP contribution in [0.25, 0.3) is 0 Å². The van der Waals surface area contributed by atoms with Crippen molar-refractivity contribution in [1.29, 1.82) is 0 Å². The maximum Gasteiger partial charge on any atom is 0.324 e. The summed E-state index contributed by atoms with van der Waals surface area (Å²) in [6.45, 7) is 3.01. The van der Waals surface area contributed by atoms with Crippen LogP contribution in [0.3, 0.4) is 0 Å². The topological polar surface area (TPSA) is 41.1 Å². The summed E-state index contributed by atoms with van der Waals surface area (Å²) in [4.78, 5) is 9.60. The number of hydrogen-bond donors (Lipinski definition) is 2. The molecule has 1 radical (unpaired) electrons. The van der Waals surface area contributed by atoms with Gasteiger partial charge in [-0.2, -0.15) is 0 Å². The van der Waals surface area contributed by atoms with Crippen LogP contribution in [0, 0.1) is 0 Å². The summed E-state index contributed by atoms with van der Waals surface area (Å²) in [6.07, 6.45) is 6.40. The fraction of sp³-hybridized carbons (Fsp3) is 0.857.